The van der Waals surface area contributed by atoms with Crippen molar-refractivity contribution >= 4 is 5.82 Å². The molecule has 5 nitrogen and oxygen atoms in total. The lowest BCUT2D eigenvalue weighted by Crippen LogP contribution is -2.28. The van der Waals surface area contributed by atoms with E-state index in [1.165, 1.54) is 6.33 Å². The molecule has 0 fully saturated rings. The third-order valence-electron chi connectivity index (χ3n) is 3.04. The van der Waals surface area contributed by atoms with Crippen molar-refractivity contribution in [3.8, 4) is 5.88 Å². The maximum atomic E-state index is 5.77. The monoisotopic (exact) mass is 252 g/mol. The largest absolute Gasteiger partial charge is 0.476 e. The average Bonchev–Trinajstić information content (AvgIpc) is 2.43. The number of nitrogens with zero attached hydrogens (tertiary/aromatic N) is 3. The molecule has 0 amide bonds. The van der Waals surface area contributed by atoms with Crippen LogP contribution in [0.15, 0.2) is 6.33 Å². The van der Waals surface area contributed by atoms with Crippen molar-refractivity contribution in [2.75, 3.05) is 38.6 Å². The zero-order chi connectivity index (χ0) is 13.4. The van der Waals surface area contributed by atoms with Gasteiger partial charge >= 0.3 is 0 Å². The summed E-state index contributed by atoms with van der Waals surface area (Å²) >= 11 is 0. The summed E-state index contributed by atoms with van der Waals surface area (Å²) in [4.78, 5) is 10.7. The molecular formula is C13H24N4O. The van der Waals surface area contributed by atoms with Crippen molar-refractivity contribution in [1.82, 2.24) is 14.9 Å². The number of nitrogens with one attached hydrogen (secondary N) is 1. The van der Waals surface area contributed by atoms with Crippen LogP contribution in [0.1, 0.15) is 26.3 Å². The number of aromatic nitrogens is 2. The predicted molar refractivity (Wildman–Crippen MR) is 74.2 cm³/mol. The molecule has 0 saturated heterocycles. The van der Waals surface area contributed by atoms with Gasteiger partial charge in [0.2, 0.25) is 5.88 Å². The molecule has 1 aromatic rings. The van der Waals surface area contributed by atoms with Gasteiger partial charge in [-0.15, -0.1) is 0 Å². The SMILES string of the molecule is CCc1c(NC)ncnc1OCCN(CC)CC. The first-order chi connectivity index (χ1) is 8.76. The normalized spacial score (nSPS) is 10.7. The van der Waals surface area contributed by atoms with Gasteiger partial charge in [0, 0.05) is 13.6 Å². The summed E-state index contributed by atoms with van der Waals surface area (Å²) in [5.74, 6) is 1.55. The Morgan fingerprint density at radius 2 is 1.94 bits per heavy atom. The molecular weight excluding hydrogens is 228 g/mol. The second kappa shape index (κ2) is 7.87. The van der Waals surface area contributed by atoms with E-state index in [1.54, 1.807) is 0 Å². The maximum absolute atomic E-state index is 5.77. The fourth-order valence-electron chi connectivity index (χ4n) is 1.87. The third-order valence-corrected chi connectivity index (χ3v) is 3.04. The Morgan fingerprint density at radius 3 is 2.50 bits per heavy atom. The summed E-state index contributed by atoms with van der Waals surface area (Å²) < 4.78 is 5.77. The number of hydrogen-bond donors (Lipinski definition) is 1. The lowest BCUT2D eigenvalue weighted by Gasteiger charge is -2.18. The standard InChI is InChI=1S/C13H24N4O/c1-5-11-12(14-4)15-10-16-13(11)18-9-8-17(6-2)7-3/h10H,5-9H2,1-4H3,(H,14,15,16). The number of ether oxygens (including phenoxy) is 1. The average molecular weight is 252 g/mol. The van der Waals surface area contributed by atoms with Gasteiger partial charge in [-0.2, -0.15) is 0 Å². The van der Waals surface area contributed by atoms with Gasteiger partial charge in [0.25, 0.3) is 0 Å². The van der Waals surface area contributed by atoms with Crippen LogP contribution >= 0.6 is 0 Å². The smallest absolute Gasteiger partial charge is 0.221 e. The highest BCUT2D eigenvalue weighted by molar-refractivity contribution is 5.48. The highest BCUT2D eigenvalue weighted by Crippen LogP contribution is 2.21. The van der Waals surface area contributed by atoms with Crippen molar-refractivity contribution in [1.29, 1.82) is 0 Å². The minimum atomic E-state index is 0.662. The first kappa shape index (κ1) is 14.7. The van der Waals surface area contributed by atoms with Crippen molar-refractivity contribution in [2.24, 2.45) is 0 Å². The second-order valence-electron chi connectivity index (χ2n) is 3.98. The summed E-state index contributed by atoms with van der Waals surface area (Å²) in [6.45, 7) is 10.1. The first-order valence-corrected chi connectivity index (χ1v) is 6.63. The van der Waals surface area contributed by atoms with Crippen molar-refractivity contribution in [2.45, 2.75) is 27.2 Å². The van der Waals surface area contributed by atoms with Crippen LogP contribution in [-0.4, -0.2) is 48.2 Å². The van der Waals surface area contributed by atoms with Gasteiger partial charge in [-0.1, -0.05) is 20.8 Å². The van der Waals surface area contributed by atoms with Crippen LogP contribution in [0.4, 0.5) is 5.82 Å². The molecule has 1 N–H and O–H groups in total. The van der Waals surface area contributed by atoms with Crippen LogP contribution in [0.5, 0.6) is 5.88 Å². The molecule has 0 aliphatic heterocycles. The lowest BCUT2D eigenvalue weighted by atomic mass is 10.2. The minimum absolute atomic E-state index is 0.662. The predicted octanol–water partition coefficient (Wildman–Crippen LogP) is 1.80. The summed E-state index contributed by atoms with van der Waals surface area (Å²) in [6, 6.07) is 0. The van der Waals surface area contributed by atoms with Gasteiger partial charge in [0.15, 0.2) is 0 Å². The van der Waals surface area contributed by atoms with E-state index < -0.39 is 0 Å². The van der Waals surface area contributed by atoms with Crippen LogP contribution in [-0.2, 0) is 6.42 Å². The molecule has 1 aromatic heterocycles. The van der Waals surface area contributed by atoms with Crippen LogP contribution in [0, 0.1) is 0 Å². The topological polar surface area (TPSA) is 50.3 Å². The van der Waals surface area contributed by atoms with E-state index in [-0.39, 0.29) is 0 Å². The Balaban J connectivity index is 2.61. The third kappa shape index (κ3) is 3.84. The van der Waals surface area contributed by atoms with Crippen molar-refractivity contribution in [3.63, 3.8) is 0 Å². The van der Waals surface area contributed by atoms with E-state index >= 15 is 0 Å². The van der Waals surface area contributed by atoms with Gasteiger partial charge in [0.05, 0.1) is 5.56 Å². The molecule has 0 atom stereocenters. The highest BCUT2D eigenvalue weighted by Gasteiger charge is 2.10. The molecule has 1 heterocycles. The first-order valence-electron chi connectivity index (χ1n) is 6.63. The van der Waals surface area contributed by atoms with Crippen molar-refractivity contribution in [3.05, 3.63) is 11.9 Å². The molecule has 102 valence electrons. The fraction of sp³-hybridized carbons (Fsp3) is 0.692. The Kier molecular flexibility index (Phi) is 6.43. The summed E-state index contributed by atoms with van der Waals surface area (Å²) in [5, 5.41) is 3.07. The fourth-order valence-corrected chi connectivity index (χ4v) is 1.87. The van der Waals surface area contributed by atoms with E-state index in [2.05, 4.69) is 41.0 Å². The maximum Gasteiger partial charge on any atom is 0.221 e. The quantitative estimate of drug-likeness (QED) is 0.764. The highest BCUT2D eigenvalue weighted by atomic mass is 16.5. The molecule has 18 heavy (non-hydrogen) atoms. The Bertz CT molecular complexity index is 353. The van der Waals surface area contributed by atoms with E-state index in [0.717, 1.165) is 37.4 Å². The summed E-state index contributed by atoms with van der Waals surface area (Å²) in [7, 11) is 1.86. The van der Waals surface area contributed by atoms with E-state index in [4.69, 9.17) is 4.74 Å². The zero-order valence-electron chi connectivity index (χ0n) is 11.9. The van der Waals surface area contributed by atoms with Crippen LogP contribution in [0.25, 0.3) is 0 Å². The van der Waals surface area contributed by atoms with E-state index in [0.29, 0.717) is 12.5 Å². The molecule has 0 aromatic carbocycles. The molecule has 0 saturated carbocycles. The van der Waals surface area contributed by atoms with Crippen LogP contribution in [0.3, 0.4) is 0 Å². The summed E-state index contributed by atoms with van der Waals surface area (Å²) in [5.41, 5.74) is 1.04. The number of likely N-dealkylation sites (N-methyl/N-ethyl adjacent to an activating group) is 1. The minimum Gasteiger partial charge on any atom is -0.476 e. The molecule has 0 aliphatic carbocycles. The van der Waals surface area contributed by atoms with Crippen molar-refractivity contribution < 1.29 is 4.74 Å². The number of rotatable bonds is 8. The van der Waals surface area contributed by atoms with Gasteiger partial charge in [-0.25, -0.2) is 9.97 Å². The summed E-state index contributed by atoms with van der Waals surface area (Å²) in [6.07, 6.45) is 2.40. The van der Waals surface area contributed by atoms with Gasteiger partial charge in [-0.05, 0) is 19.5 Å². The molecule has 1 rings (SSSR count). The number of hydrogen-bond acceptors (Lipinski definition) is 5. The molecule has 5 heteroatoms. The van der Waals surface area contributed by atoms with Crippen LogP contribution < -0.4 is 10.1 Å². The molecule has 0 unspecified atom stereocenters. The lowest BCUT2D eigenvalue weighted by molar-refractivity contribution is 0.216. The zero-order valence-corrected chi connectivity index (χ0v) is 11.9. The number of anilines is 1. The van der Waals surface area contributed by atoms with Gasteiger partial charge in [0.1, 0.15) is 18.8 Å². The molecule has 0 spiro atoms. The molecule has 0 aliphatic rings. The van der Waals surface area contributed by atoms with E-state index in [1.807, 2.05) is 7.05 Å². The Morgan fingerprint density at radius 1 is 1.22 bits per heavy atom. The van der Waals surface area contributed by atoms with E-state index in [9.17, 15) is 0 Å². The molecule has 0 radical (unpaired) electrons. The molecule has 0 bridgehead atoms. The van der Waals surface area contributed by atoms with Gasteiger partial charge < -0.3 is 15.0 Å². The Labute approximate surface area is 110 Å². The Hall–Kier alpha value is -1.36. The van der Waals surface area contributed by atoms with Crippen LogP contribution in [0.2, 0.25) is 0 Å². The second-order valence-corrected chi connectivity index (χ2v) is 3.98. The van der Waals surface area contributed by atoms with Gasteiger partial charge in [-0.3, -0.25) is 0 Å².